The Balaban J connectivity index is 2.47. The second kappa shape index (κ2) is 6.13. The first kappa shape index (κ1) is 15.9. The molecule has 0 unspecified atom stereocenters. The summed E-state index contributed by atoms with van der Waals surface area (Å²) >= 11 is 11.8. The van der Waals surface area contributed by atoms with Gasteiger partial charge in [0.05, 0.1) is 22.8 Å². The number of sulfonamides is 1. The largest absolute Gasteiger partial charge is 0.495 e. The Kier molecular flexibility index (Phi) is 4.66. The second-order valence-corrected chi connectivity index (χ2v) is 6.80. The van der Waals surface area contributed by atoms with Crippen LogP contribution in [0.2, 0.25) is 10.0 Å². The van der Waals surface area contributed by atoms with Crippen molar-refractivity contribution in [2.24, 2.45) is 0 Å². The summed E-state index contributed by atoms with van der Waals surface area (Å²) in [6, 6.07) is 9.62. The maximum atomic E-state index is 12.4. The highest BCUT2D eigenvalue weighted by Crippen LogP contribution is 2.32. The van der Waals surface area contributed by atoms with Gasteiger partial charge < -0.3 is 4.74 Å². The highest BCUT2D eigenvalue weighted by atomic mass is 35.5. The van der Waals surface area contributed by atoms with E-state index >= 15 is 0 Å². The summed E-state index contributed by atoms with van der Waals surface area (Å²) < 4.78 is 32.5. The first-order chi connectivity index (χ1) is 9.85. The monoisotopic (exact) mass is 345 g/mol. The van der Waals surface area contributed by atoms with Crippen LogP contribution in [0.15, 0.2) is 41.3 Å². The van der Waals surface area contributed by atoms with Gasteiger partial charge in [0.2, 0.25) is 0 Å². The first-order valence-electron chi connectivity index (χ1n) is 5.96. The number of hydrogen-bond acceptors (Lipinski definition) is 3. The summed E-state index contributed by atoms with van der Waals surface area (Å²) in [6.45, 7) is 1.85. The van der Waals surface area contributed by atoms with Crippen molar-refractivity contribution in [3.8, 4) is 5.75 Å². The van der Waals surface area contributed by atoms with Gasteiger partial charge in [0, 0.05) is 0 Å². The highest BCUT2D eigenvalue weighted by molar-refractivity contribution is 7.92. The van der Waals surface area contributed by atoms with Crippen molar-refractivity contribution in [3.63, 3.8) is 0 Å². The quantitative estimate of drug-likeness (QED) is 0.906. The number of halogens is 2. The average molecular weight is 346 g/mol. The number of benzene rings is 2. The Labute approximate surface area is 133 Å². The molecule has 0 aromatic heterocycles. The molecule has 0 aliphatic carbocycles. The van der Waals surface area contributed by atoms with Crippen molar-refractivity contribution >= 4 is 38.9 Å². The molecule has 1 N–H and O–H groups in total. The fourth-order valence-corrected chi connectivity index (χ4v) is 3.62. The normalized spacial score (nSPS) is 11.2. The molecule has 0 saturated heterocycles. The fraction of sp³-hybridized carbons (Fsp3) is 0.143. The summed E-state index contributed by atoms with van der Waals surface area (Å²) in [5.74, 6) is 0.419. The molecule has 112 valence electrons. The van der Waals surface area contributed by atoms with Gasteiger partial charge >= 0.3 is 0 Å². The van der Waals surface area contributed by atoms with Crippen LogP contribution in [0.5, 0.6) is 5.75 Å². The number of hydrogen-bond donors (Lipinski definition) is 1. The molecule has 2 aromatic carbocycles. The number of ether oxygens (including phenoxy) is 1. The van der Waals surface area contributed by atoms with Gasteiger partial charge in [0.1, 0.15) is 10.6 Å². The zero-order valence-electron chi connectivity index (χ0n) is 11.4. The molecular weight excluding hydrogens is 333 g/mol. The third-order valence-corrected chi connectivity index (χ3v) is 5.14. The van der Waals surface area contributed by atoms with Crippen LogP contribution in [0.1, 0.15) is 5.56 Å². The lowest BCUT2D eigenvalue weighted by atomic mass is 10.2. The van der Waals surface area contributed by atoms with E-state index in [1.807, 2.05) is 13.0 Å². The average Bonchev–Trinajstić information content (AvgIpc) is 2.41. The summed E-state index contributed by atoms with van der Waals surface area (Å²) in [6.07, 6.45) is 0. The minimum absolute atomic E-state index is 0.0155. The molecule has 0 bridgehead atoms. The molecule has 0 heterocycles. The number of methoxy groups -OCH3 is 1. The Hall–Kier alpha value is -1.43. The smallest absolute Gasteiger partial charge is 0.263 e. The third kappa shape index (κ3) is 3.43. The van der Waals surface area contributed by atoms with E-state index in [1.165, 1.54) is 25.3 Å². The van der Waals surface area contributed by atoms with Crippen LogP contribution in [0, 0.1) is 6.92 Å². The van der Waals surface area contributed by atoms with Crippen LogP contribution >= 0.6 is 23.2 Å². The van der Waals surface area contributed by atoms with Crippen LogP contribution in [-0.4, -0.2) is 15.5 Å². The van der Waals surface area contributed by atoms with Crippen molar-refractivity contribution in [1.29, 1.82) is 0 Å². The Bertz CT molecular complexity index is 776. The lowest BCUT2D eigenvalue weighted by molar-refractivity contribution is 0.417. The van der Waals surface area contributed by atoms with Crippen LogP contribution in [0.25, 0.3) is 0 Å². The molecule has 0 radical (unpaired) electrons. The summed E-state index contributed by atoms with van der Waals surface area (Å²) in [4.78, 5) is -0.0831. The predicted octanol–water partition coefficient (Wildman–Crippen LogP) is 4.11. The zero-order valence-corrected chi connectivity index (χ0v) is 13.7. The standard InChI is InChI=1S/C14H13Cl2NO3S/c1-9-6-7-12(20-2)11(8-9)17-21(18,19)13-5-3-4-10(15)14(13)16/h3-8,17H,1-2H3. The zero-order chi connectivity index (χ0) is 15.6. The van der Waals surface area contributed by atoms with E-state index in [4.69, 9.17) is 27.9 Å². The molecule has 7 heteroatoms. The molecule has 4 nitrogen and oxygen atoms in total. The van der Waals surface area contributed by atoms with E-state index in [0.29, 0.717) is 11.4 Å². The second-order valence-electron chi connectivity index (χ2n) is 4.36. The SMILES string of the molecule is COc1ccc(C)cc1NS(=O)(=O)c1cccc(Cl)c1Cl. The minimum Gasteiger partial charge on any atom is -0.495 e. The molecule has 0 atom stereocenters. The molecule has 2 rings (SSSR count). The summed E-state index contributed by atoms with van der Waals surface area (Å²) in [7, 11) is -2.40. The van der Waals surface area contributed by atoms with Gasteiger partial charge in [0.15, 0.2) is 0 Å². The molecular formula is C14H13Cl2NO3S. The van der Waals surface area contributed by atoms with E-state index in [9.17, 15) is 8.42 Å². The molecule has 0 saturated carbocycles. The number of anilines is 1. The van der Waals surface area contributed by atoms with E-state index in [2.05, 4.69) is 4.72 Å². The van der Waals surface area contributed by atoms with Crippen LogP contribution in [0.4, 0.5) is 5.69 Å². The predicted molar refractivity (Wildman–Crippen MR) is 85.0 cm³/mol. The lowest BCUT2D eigenvalue weighted by Crippen LogP contribution is -2.14. The van der Waals surface area contributed by atoms with Crippen molar-refractivity contribution < 1.29 is 13.2 Å². The molecule has 0 spiro atoms. The van der Waals surface area contributed by atoms with Gasteiger partial charge in [-0.15, -0.1) is 0 Å². The van der Waals surface area contributed by atoms with E-state index in [0.717, 1.165) is 5.56 Å². The Morgan fingerprint density at radius 3 is 2.52 bits per heavy atom. The van der Waals surface area contributed by atoms with Gasteiger partial charge in [-0.05, 0) is 36.8 Å². The van der Waals surface area contributed by atoms with E-state index < -0.39 is 10.0 Å². The van der Waals surface area contributed by atoms with Gasteiger partial charge in [0.25, 0.3) is 10.0 Å². The first-order valence-corrected chi connectivity index (χ1v) is 8.20. The Morgan fingerprint density at radius 1 is 1.14 bits per heavy atom. The summed E-state index contributed by atoms with van der Waals surface area (Å²) in [5.41, 5.74) is 1.24. The van der Waals surface area contributed by atoms with Crippen molar-refractivity contribution in [2.75, 3.05) is 11.8 Å². The van der Waals surface area contributed by atoms with Gasteiger partial charge in [-0.1, -0.05) is 35.3 Å². The lowest BCUT2D eigenvalue weighted by Gasteiger charge is -2.13. The Morgan fingerprint density at radius 2 is 1.86 bits per heavy atom. The third-order valence-electron chi connectivity index (χ3n) is 2.80. The topological polar surface area (TPSA) is 55.4 Å². The number of rotatable bonds is 4. The van der Waals surface area contributed by atoms with Crippen molar-refractivity contribution in [2.45, 2.75) is 11.8 Å². The number of aryl methyl sites for hydroxylation is 1. The molecule has 0 amide bonds. The molecule has 0 fully saturated rings. The van der Waals surface area contributed by atoms with Crippen molar-refractivity contribution in [3.05, 3.63) is 52.0 Å². The molecule has 0 aliphatic rings. The van der Waals surface area contributed by atoms with Crippen LogP contribution < -0.4 is 9.46 Å². The molecule has 0 aliphatic heterocycles. The highest BCUT2D eigenvalue weighted by Gasteiger charge is 2.21. The van der Waals surface area contributed by atoms with Crippen LogP contribution in [0.3, 0.4) is 0 Å². The van der Waals surface area contributed by atoms with Crippen LogP contribution in [-0.2, 0) is 10.0 Å². The van der Waals surface area contributed by atoms with Gasteiger partial charge in [-0.25, -0.2) is 8.42 Å². The minimum atomic E-state index is -3.86. The number of nitrogens with one attached hydrogen (secondary N) is 1. The maximum Gasteiger partial charge on any atom is 0.263 e. The van der Waals surface area contributed by atoms with Gasteiger partial charge in [-0.3, -0.25) is 4.72 Å². The fourth-order valence-electron chi connectivity index (χ4n) is 1.79. The van der Waals surface area contributed by atoms with Crippen molar-refractivity contribution in [1.82, 2.24) is 0 Å². The van der Waals surface area contributed by atoms with Gasteiger partial charge in [-0.2, -0.15) is 0 Å². The molecule has 21 heavy (non-hydrogen) atoms. The van der Waals surface area contributed by atoms with E-state index in [1.54, 1.807) is 12.1 Å². The summed E-state index contributed by atoms with van der Waals surface area (Å²) in [5, 5.41) is 0.161. The maximum absolute atomic E-state index is 12.4. The molecule has 2 aromatic rings. The van der Waals surface area contributed by atoms with E-state index in [-0.39, 0.29) is 14.9 Å².